The Labute approximate surface area is 144 Å². The monoisotopic (exact) mass is 352 g/mol. The fraction of sp³-hybridized carbons (Fsp3) is 0.471. The highest BCUT2D eigenvalue weighted by Crippen LogP contribution is 2.38. The molecule has 0 radical (unpaired) electrons. The minimum Gasteiger partial charge on any atom is -0.323 e. The minimum absolute atomic E-state index is 0.0137. The molecular formula is C17H18ClFN2O3. The van der Waals surface area contributed by atoms with Crippen molar-refractivity contribution in [3.05, 3.63) is 29.0 Å². The third-order valence-corrected chi connectivity index (χ3v) is 4.93. The van der Waals surface area contributed by atoms with Gasteiger partial charge in [0.05, 0.1) is 17.5 Å². The van der Waals surface area contributed by atoms with E-state index in [0.717, 1.165) is 31.7 Å². The summed E-state index contributed by atoms with van der Waals surface area (Å²) in [6.45, 7) is 0.0265. The molecular weight excluding hydrogens is 335 g/mol. The van der Waals surface area contributed by atoms with Crippen molar-refractivity contribution in [3.8, 4) is 0 Å². The number of halogens is 2. The number of hydrogen-bond acceptors (Lipinski definition) is 3. The molecule has 1 aliphatic heterocycles. The van der Waals surface area contributed by atoms with Crippen LogP contribution in [0.4, 0.5) is 10.1 Å². The average molecular weight is 353 g/mol. The van der Waals surface area contributed by atoms with Crippen molar-refractivity contribution < 1.29 is 18.8 Å². The summed E-state index contributed by atoms with van der Waals surface area (Å²) in [4.78, 5) is 37.8. The van der Waals surface area contributed by atoms with E-state index in [1.165, 1.54) is 17.0 Å². The highest BCUT2D eigenvalue weighted by atomic mass is 35.5. The number of rotatable bonds is 4. The predicted octanol–water partition coefficient (Wildman–Crippen LogP) is 2.98. The zero-order valence-electron chi connectivity index (χ0n) is 13.1. The second-order valence-corrected chi connectivity index (χ2v) is 6.68. The molecule has 2 atom stereocenters. The molecule has 2 fully saturated rings. The minimum atomic E-state index is -0.591. The molecule has 3 rings (SSSR count). The first kappa shape index (κ1) is 16.9. The molecule has 0 spiro atoms. The van der Waals surface area contributed by atoms with Crippen molar-refractivity contribution in [1.82, 2.24) is 4.90 Å². The lowest BCUT2D eigenvalue weighted by Crippen LogP contribution is -2.34. The molecule has 0 bridgehead atoms. The third-order valence-electron chi connectivity index (χ3n) is 4.70. The van der Waals surface area contributed by atoms with Crippen LogP contribution in [0.2, 0.25) is 5.02 Å². The Hall–Kier alpha value is -1.95. The Kier molecular flexibility index (Phi) is 4.85. The topological polar surface area (TPSA) is 66.5 Å². The van der Waals surface area contributed by atoms with Gasteiger partial charge < -0.3 is 5.32 Å². The van der Waals surface area contributed by atoms with Crippen molar-refractivity contribution in [2.45, 2.75) is 32.1 Å². The first-order chi connectivity index (χ1) is 11.5. The van der Waals surface area contributed by atoms with Crippen LogP contribution in [0.1, 0.15) is 32.1 Å². The van der Waals surface area contributed by atoms with Crippen LogP contribution >= 0.6 is 11.6 Å². The molecule has 5 nitrogen and oxygen atoms in total. The standard InChI is InChI=1S/C17H18ClFN2O3/c18-10-5-6-13(19)14(9-10)20-15(22)7-8-21-16(23)11-3-1-2-4-12(11)17(21)24/h5-6,9,11-12H,1-4,7-8H2,(H,20,22). The zero-order chi connectivity index (χ0) is 17.3. The van der Waals surface area contributed by atoms with E-state index < -0.39 is 11.7 Å². The van der Waals surface area contributed by atoms with Crippen molar-refractivity contribution in [2.75, 3.05) is 11.9 Å². The summed E-state index contributed by atoms with van der Waals surface area (Å²) in [6, 6.07) is 3.86. The normalized spacial score (nSPS) is 23.3. The van der Waals surface area contributed by atoms with Crippen LogP contribution in [0.3, 0.4) is 0 Å². The van der Waals surface area contributed by atoms with Crippen LogP contribution in [-0.2, 0) is 14.4 Å². The van der Waals surface area contributed by atoms with E-state index in [4.69, 9.17) is 11.6 Å². The van der Waals surface area contributed by atoms with Crippen LogP contribution in [-0.4, -0.2) is 29.2 Å². The Morgan fingerprint density at radius 3 is 2.46 bits per heavy atom. The number of carbonyl (C=O) groups is 3. The lowest BCUT2D eigenvalue weighted by Gasteiger charge is -2.19. The lowest BCUT2D eigenvalue weighted by molar-refractivity contribution is -0.140. The Balaban J connectivity index is 1.59. The molecule has 24 heavy (non-hydrogen) atoms. The number of hydrogen-bond donors (Lipinski definition) is 1. The van der Waals surface area contributed by atoms with Crippen LogP contribution in [0, 0.1) is 17.7 Å². The van der Waals surface area contributed by atoms with Crippen molar-refractivity contribution in [2.24, 2.45) is 11.8 Å². The number of imide groups is 1. The smallest absolute Gasteiger partial charge is 0.233 e. The van der Waals surface area contributed by atoms with Gasteiger partial charge in [-0.25, -0.2) is 4.39 Å². The number of anilines is 1. The number of benzene rings is 1. The van der Waals surface area contributed by atoms with E-state index in [1.807, 2.05) is 0 Å². The summed E-state index contributed by atoms with van der Waals surface area (Å²) in [5.74, 6) is -1.85. The van der Waals surface area contributed by atoms with Crippen LogP contribution in [0.5, 0.6) is 0 Å². The first-order valence-electron chi connectivity index (χ1n) is 8.07. The molecule has 1 aromatic rings. The summed E-state index contributed by atoms with van der Waals surface area (Å²) in [6.07, 6.45) is 3.34. The van der Waals surface area contributed by atoms with Gasteiger partial charge in [-0.3, -0.25) is 19.3 Å². The van der Waals surface area contributed by atoms with Crippen molar-refractivity contribution in [3.63, 3.8) is 0 Å². The van der Waals surface area contributed by atoms with Gasteiger partial charge in [-0.2, -0.15) is 0 Å². The zero-order valence-corrected chi connectivity index (χ0v) is 13.8. The summed E-state index contributed by atoms with van der Waals surface area (Å²) in [5, 5.41) is 2.73. The average Bonchev–Trinajstić information content (AvgIpc) is 2.81. The van der Waals surface area contributed by atoms with E-state index in [-0.39, 0.29) is 42.3 Å². The molecule has 1 N–H and O–H groups in total. The number of fused-ring (bicyclic) bond motifs is 1. The number of nitrogens with one attached hydrogen (secondary N) is 1. The van der Waals surface area contributed by atoms with Crippen LogP contribution < -0.4 is 5.32 Å². The van der Waals surface area contributed by atoms with Gasteiger partial charge in [-0.1, -0.05) is 24.4 Å². The van der Waals surface area contributed by atoms with Gasteiger partial charge >= 0.3 is 0 Å². The van der Waals surface area contributed by atoms with Gasteiger partial charge in [0.15, 0.2) is 0 Å². The molecule has 0 aromatic heterocycles. The molecule has 1 saturated heterocycles. The Morgan fingerprint density at radius 2 is 1.83 bits per heavy atom. The fourth-order valence-electron chi connectivity index (χ4n) is 3.47. The second-order valence-electron chi connectivity index (χ2n) is 6.25. The van der Waals surface area contributed by atoms with Gasteiger partial charge in [0, 0.05) is 18.0 Å². The maximum Gasteiger partial charge on any atom is 0.233 e. The van der Waals surface area contributed by atoms with Crippen LogP contribution in [0.25, 0.3) is 0 Å². The molecule has 3 amide bonds. The number of amides is 3. The van der Waals surface area contributed by atoms with Gasteiger partial charge in [0.25, 0.3) is 0 Å². The number of likely N-dealkylation sites (tertiary alicyclic amines) is 1. The first-order valence-corrected chi connectivity index (χ1v) is 8.45. The maximum atomic E-state index is 13.6. The predicted molar refractivity (Wildman–Crippen MR) is 86.8 cm³/mol. The summed E-state index contributed by atoms with van der Waals surface area (Å²) < 4.78 is 13.6. The van der Waals surface area contributed by atoms with E-state index in [2.05, 4.69) is 5.32 Å². The van der Waals surface area contributed by atoms with E-state index >= 15 is 0 Å². The van der Waals surface area contributed by atoms with E-state index in [0.29, 0.717) is 5.02 Å². The molecule has 1 heterocycles. The van der Waals surface area contributed by atoms with Gasteiger partial charge in [0.2, 0.25) is 17.7 Å². The summed E-state index contributed by atoms with van der Waals surface area (Å²) in [5.41, 5.74) is -0.0137. The highest BCUT2D eigenvalue weighted by Gasteiger charge is 2.47. The molecule has 1 saturated carbocycles. The highest BCUT2D eigenvalue weighted by molar-refractivity contribution is 6.30. The van der Waals surface area contributed by atoms with Crippen molar-refractivity contribution in [1.29, 1.82) is 0 Å². The molecule has 128 valence electrons. The van der Waals surface area contributed by atoms with Crippen LogP contribution in [0.15, 0.2) is 18.2 Å². The fourth-order valence-corrected chi connectivity index (χ4v) is 3.64. The SMILES string of the molecule is O=C(CCN1C(=O)C2CCCCC2C1=O)Nc1cc(Cl)ccc1F. The maximum absolute atomic E-state index is 13.6. The van der Waals surface area contributed by atoms with Gasteiger partial charge in [0.1, 0.15) is 5.82 Å². The molecule has 1 aliphatic carbocycles. The number of nitrogens with zero attached hydrogens (tertiary/aromatic N) is 1. The Bertz CT molecular complexity index is 670. The summed E-state index contributed by atoms with van der Waals surface area (Å²) in [7, 11) is 0. The third kappa shape index (κ3) is 3.29. The quantitative estimate of drug-likeness (QED) is 0.847. The molecule has 2 unspecified atom stereocenters. The Morgan fingerprint density at radius 1 is 1.21 bits per heavy atom. The lowest BCUT2D eigenvalue weighted by atomic mass is 9.81. The van der Waals surface area contributed by atoms with Gasteiger partial charge in [-0.05, 0) is 31.0 Å². The van der Waals surface area contributed by atoms with E-state index in [9.17, 15) is 18.8 Å². The molecule has 2 aliphatic rings. The van der Waals surface area contributed by atoms with Gasteiger partial charge in [-0.15, -0.1) is 0 Å². The largest absolute Gasteiger partial charge is 0.323 e. The second kappa shape index (κ2) is 6.89. The molecule has 7 heteroatoms. The van der Waals surface area contributed by atoms with Crippen molar-refractivity contribution >= 4 is 35.0 Å². The molecule has 1 aromatic carbocycles. The number of carbonyl (C=O) groups excluding carboxylic acids is 3. The summed E-state index contributed by atoms with van der Waals surface area (Å²) >= 11 is 5.77. The van der Waals surface area contributed by atoms with E-state index in [1.54, 1.807) is 0 Å².